The zero-order valence-electron chi connectivity index (χ0n) is 16.9. The van der Waals surface area contributed by atoms with Crippen LogP contribution < -0.4 is 0 Å². The monoisotopic (exact) mass is 395 g/mol. The molecule has 0 unspecified atom stereocenters. The lowest BCUT2D eigenvalue weighted by molar-refractivity contribution is 0.0780. The zero-order chi connectivity index (χ0) is 21.1. The highest BCUT2D eigenvalue weighted by atomic mass is 16.2. The van der Waals surface area contributed by atoms with E-state index in [1.54, 1.807) is 22.8 Å². The quantitative estimate of drug-likeness (QED) is 0.512. The predicted molar refractivity (Wildman–Crippen MR) is 116 cm³/mol. The van der Waals surface area contributed by atoms with Crippen LogP contribution in [0.15, 0.2) is 67.0 Å². The highest BCUT2D eigenvalue weighted by Gasteiger charge is 2.15. The topological polar surface area (TPSA) is 74.8 Å². The first kappa shape index (κ1) is 19.3. The number of nitriles is 1. The largest absolute Gasteiger partial charge is 0.334 e. The first-order valence-corrected chi connectivity index (χ1v) is 9.63. The SMILES string of the molecule is CN(Cc1nncn1C)C(=O)c1ccc2cc(-c3ccc(CC#N)cc3)ccc2c1. The maximum Gasteiger partial charge on any atom is 0.254 e. The molecule has 6 heteroatoms. The fourth-order valence-electron chi connectivity index (χ4n) is 3.42. The molecule has 0 aliphatic rings. The summed E-state index contributed by atoms with van der Waals surface area (Å²) in [5, 5.41) is 18.8. The van der Waals surface area contributed by atoms with Gasteiger partial charge in [-0.1, -0.05) is 42.5 Å². The van der Waals surface area contributed by atoms with Crippen molar-refractivity contribution in [1.82, 2.24) is 19.7 Å². The van der Waals surface area contributed by atoms with E-state index in [1.165, 1.54) is 0 Å². The molecule has 0 aliphatic carbocycles. The minimum atomic E-state index is -0.0583. The van der Waals surface area contributed by atoms with Crippen LogP contribution in [0.4, 0.5) is 0 Å². The number of fused-ring (bicyclic) bond motifs is 1. The molecule has 1 aromatic heterocycles. The zero-order valence-corrected chi connectivity index (χ0v) is 16.9. The van der Waals surface area contributed by atoms with E-state index in [-0.39, 0.29) is 5.91 Å². The number of aromatic nitrogens is 3. The van der Waals surface area contributed by atoms with Crippen LogP contribution in [-0.4, -0.2) is 32.6 Å². The second-order valence-corrected chi connectivity index (χ2v) is 7.33. The van der Waals surface area contributed by atoms with Crippen LogP contribution in [0.5, 0.6) is 0 Å². The Balaban J connectivity index is 1.56. The molecule has 1 amide bonds. The smallest absolute Gasteiger partial charge is 0.254 e. The minimum absolute atomic E-state index is 0.0583. The number of hydrogen-bond donors (Lipinski definition) is 0. The first-order chi connectivity index (χ1) is 14.5. The van der Waals surface area contributed by atoms with Crippen LogP contribution in [0, 0.1) is 11.3 Å². The Morgan fingerprint density at radius 3 is 2.43 bits per heavy atom. The van der Waals surface area contributed by atoms with Crippen LogP contribution >= 0.6 is 0 Å². The Kier molecular flexibility index (Phi) is 5.27. The third-order valence-electron chi connectivity index (χ3n) is 5.19. The fraction of sp³-hybridized carbons (Fsp3) is 0.167. The number of nitrogens with zero attached hydrogens (tertiary/aromatic N) is 5. The molecule has 0 radical (unpaired) electrons. The molecule has 6 nitrogen and oxygen atoms in total. The molecule has 0 saturated carbocycles. The van der Waals surface area contributed by atoms with E-state index >= 15 is 0 Å². The molecule has 148 valence electrons. The van der Waals surface area contributed by atoms with E-state index in [1.807, 2.05) is 55.6 Å². The van der Waals surface area contributed by atoms with Crippen LogP contribution in [0.25, 0.3) is 21.9 Å². The van der Waals surface area contributed by atoms with Gasteiger partial charge in [-0.2, -0.15) is 5.26 Å². The summed E-state index contributed by atoms with van der Waals surface area (Å²) < 4.78 is 1.80. The number of rotatable bonds is 5. The van der Waals surface area contributed by atoms with Gasteiger partial charge in [-0.25, -0.2) is 0 Å². The second kappa shape index (κ2) is 8.18. The molecule has 3 aromatic carbocycles. The molecular formula is C24H21N5O. The van der Waals surface area contributed by atoms with E-state index in [0.717, 1.165) is 33.3 Å². The van der Waals surface area contributed by atoms with Gasteiger partial charge in [-0.15, -0.1) is 10.2 Å². The van der Waals surface area contributed by atoms with Crippen molar-refractivity contribution in [2.24, 2.45) is 7.05 Å². The molecule has 4 rings (SSSR count). The van der Waals surface area contributed by atoms with E-state index in [0.29, 0.717) is 18.5 Å². The van der Waals surface area contributed by atoms with Gasteiger partial charge >= 0.3 is 0 Å². The van der Waals surface area contributed by atoms with Gasteiger partial charge < -0.3 is 9.47 Å². The van der Waals surface area contributed by atoms with Gasteiger partial charge in [-0.05, 0) is 45.7 Å². The van der Waals surface area contributed by atoms with E-state index < -0.39 is 0 Å². The Morgan fingerprint density at radius 1 is 1.03 bits per heavy atom. The van der Waals surface area contributed by atoms with Gasteiger partial charge in [0.1, 0.15) is 6.33 Å². The predicted octanol–water partition coefficient (Wildman–Crippen LogP) is 3.97. The molecule has 1 heterocycles. The third kappa shape index (κ3) is 3.91. The Bertz CT molecular complexity index is 1250. The third-order valence-corrected chi connectivity index (χ3v) is 5.19. The Labute approximate surface area is 175 Å². The van der Waals surface area contributed by atoms with Gasteiger partial charge in [0.25, 0.3) is 5.91 Å². The van der Waals surface area contributed by atoms with Crippen molar-refractivity contribution >= 4 is 16.7 Å². The number of aryl methyl sites for hydroxylation is 1. The summed E-state index contributed by atoms with van der Waals surface area (Å²) in [7, 11) is 3.62. The normalized spacial score (nSPS) is 10.7. The number of carbonyl (C=O) groups excluding carboxylic acids is 1. The van der Waals surface area contributed by atoms with Crippen LogP contribution in [0.3, 0.4) is 0 Å². The van der Waals surface area contributed by atoms with Crippen molar-refractivity contribution in [2.75, 3.05) is 7.05 Å². The number of amides is 1. The van der Waals surface area contributed by atoms with Crippen molar-refractivity contribution in [3.63, 3.8) is 0 Å². The minimum Gasteiger partial charge on any atom is -0.334 e. The fourth-order valence-corrected chi connectivity index (χ4v) is 3.42. The number of hydrogen-bond acceptors (Lipinski definition) is 4. The molecule has 0 spiro atoms. The standard InChI is InChI=1S/C24H21N5O/c1-28(15-23-27-26-16-29(23)2)24(30)22-10-9-20-13-19(7-8-21(20)14-22)18-5-3-17(4-6-18)11-12-25/h3-10,13-14,16H,11,15H2,1-2H3. The lowest BCUT2D eigenvalue weighted by atomic mass is 9.98. The van der Waals surface area contributed by atoms with Crippen molar-refractivity contribution in [1.29, 1.82) is 5.26 Å². The molecule has 4 aromatic rings. The van der Waals surface area contributed by atoms with Gasteiger partial charge in [0.2, 0.25) is 0 Å². The molecule has 0 bridgehead atoms. The lowest BCUT2D eigenvalue weighted by Gasteiger charge is -2.17. The van der Waals surface area contributed by atoms with Gasteiger partial charge in [0.15, 0.2) is 5.82 Å². The summed E-state index contributed by atoms with van der Waals surface area (Å²) >= 11 is 0. The molecule has 0 fully saturated rings. The molecule has 0 atom stereocenters. The van der Waals surface area contributed by atoms with Crippen LogP contribution in [-0.2, 0) is 20.0 Å². The van der Waals surface area contributed by atoms with Crippen molar-refractivity contribution < 1.29 is 4.79 Å². The second-order valence-electron chi connectivity index (χ2n) is 7.33. The number of benzene rings is 3. The summed E-state index contributed by atoms with van der Waals surface area (Å²) in [6.45, 7) is 0.397. The van der Waals surface area contributed by atoms with Crippen LogP contribution in [0.1, 0.15) is 21.7 Å². The van der Waals surface area contributed by atoms with E-state index in [2.05, 4.69) is 28.4 Å². The summed E-state index contributed by atoms with van der Waals surface area (Å²) in [4.78, 5) is 14.5. The highest BCUT2D eigenvalue weighted by molar-refractivity contribution is 5.99. The number of carbonyl (C=O) groups is 1. The van der Waals surface area contributed by atoms with Gasteiger partial charge in [0.05, 0.1) is 19.0 Å². The average molecular weight is 395 g/mol. The lowest BCUT2D eigenvalue weighted by Crippen LogP contribution is -2.27. The van der Waals surface area contributed by atoms with Crippen molar-refractivity contribution in [2.45, 2.75) is 13.0 Å². The first-order valence-electron chi connectivity index (χ1n) is 9.63. The molecular weight excluding hydrogens is 374 g/mol. The van der Waals surface area contributed by atoms with Gasteiger partial charge in [0, 0.05) is 19.7 Å². The maximum absolute atomic E-state index is 12.8. The van der Waals surface area contributed by atoms with Crippen molar-refractivity contribution in [3.8, 4) is 17.2 Å². The summed E-state index contributed by atoms with van der Waals surface area (Å²) in [6, 6.07) is 22.2. The maximum atomic E-state index is 12.8. The Hall–Kier alpha value is -3.98. The van der Waals surface area contributed by atoms with Gasteiger partial charge in [-0.3, -0.25) is 4.79 Å². The summed E-state index contributed by atoms with van der Waals surface area (Å²) in [5.41, 5.74) is 3.85. The van der Waals surface area contributed by atoms with E-state index in [4.69, 9.17) is 5.26 Å². The average Bonchev–Trinajstić information content (AvgIpc) is 3.17. The van der Waals surface area contributed by atoms with Crippen molar-refractivity contribution in [3.05, 3.63) is 83.9 Å². The Morgan fingerprint density at radius 2 is 1.73 bits per heavy atom. The molecule has 0 aliphatic heterocycles. The van der Waals surface area contributed by atoms with Crippen LogP contribution in [0.2, 0.25) is 0 Å². The molecule has 30 heavy (non-hydrogen) atoms. The summed E-state index contributed by atoms with van der Waals surface area (Å²) in [6.07, 6.45) is 2.04. The van der Waals surface area contributed by atoms with E-state index in [9.17, 15) is 4.79 Å². The molecule has 0 N–H and O–H groups in total. The molecule has 0 saturated heterocycles. The summed E-state index contributed by atoms with van der Waals surface area (Å²) in [5.74, 6) is 0.675. The highest BCUT2D eigenvalue weighted by Crippen LogP contribution is 2.26.